The van der Waals surface area contributed by atoms with Gasteiger partial charge in [-0.1, -0.05) is 23.3 Å². The molecule has 0 amide bonds. The second kappa shape index (κ2) is 3.84. The van der Waals surface area contributed by atoms with Crippen LogP contribution in [-0.2, 0) is 0 Å². The van der Waals surface area contributed by atoms with Crippen molar-refractivity contribution in [3.8, 4) is 0 Å². The second-order valence-corrected chi connectivity index (χ2v) is 4.10. The van der Waals surface area contributed by atoms with E-state index in [2.05, 4.69) is 16.6 Å². The van der Waals surface area contributed by atoms with Gasteiger partial charge in [0.2, 0.25) is 0 Å². The van der Waals surface area contributed by atoms with Gasteiger partial charge in [-0.05, 0) is 18.2 Å². The van der Waals surface area contributed by atoms with Crippen LogP contribution in [-0.4, -0.2) is 8.96 Å². The quantitative estimate of drug-likeness (QED) is 0.618. The molecule has 6 heteroatoms. The summed E-state index contributed by atoms with van der Waals surface area (Å²) in [5.41, 5.74) is 0.466. The Balaban J connectivity index is 2.84. The van der Waals surface area contributed by atoms with Gasteiger partial charge in [0.05, 0.1) is 10.9 Å². The summed E-state index contributed by atoms with van der Waals surface area (Å²) in [5.74, 6) is 0. The molecule has 0 atom stereocenters. The summed E-state index contributed by atoms with van der Waals surface area (Å²) in [6.07, 6.45) is 1.43. The number of halogens is 1. The van der Waals surface area contributed by atoms with Crippen LogP contribution in [0.3, 0.4) is 0 Å². The fourth-order valence-corrected chi connectivity index (χ4v) is 1.91. The van der Waals surface area contributed by atoms with E-state index in [4.69, 9.17) is 11.6 Å². The molecule has 3 nitrogen and oxygen atoms in total. The lowest BCUT2D eigenvalue weighted by Gasteiger charge is -2.01. The molecule has 2 aromatic rings. The standard InChI is InChI=1S/C8H5ClN2OS2/c9-5-1-2-6-7(3-5)10-4-11(14-13)8(6)12/h1-4,13H. The molecule has 0 saturated heterocycles. The van der Waals surface area contributed by atoms with E-state index in [1.165, 1.54) is 10.3 Å². The normalized spacial score (nSPS) is 10.7. The highest BCUT2D eigenvalue weighted by molar-refractivity contribution is 8.67. The number of benzene rings is 1. The highest BCUT2D eigenvalue weighted by Gasteiger charge is 2.03. The summed E-state index contributed by atoms with van der Waals surface area (Å²) in [6, 6.07) is 4.99. The number of rotatable bonds is 1. The van der Waals surface area contributed by atoms with Crippen molar-refractivity contribution in [2.75, 3.05) is 0 Å². The van der Waals surface area contributed by atoms with Gasteiger partial charge < -0.3 is 0 Å². The van der Waals surface area contributed by atoms with Crippen LogP contribution in [0.4, 0.5) is 0 Å². The largest absolute Gasteiger partial charge is 0.271 e. The average molecular weight is 245 g/mol. The summed E-state index contributed by atoms with van der Waals surface area (Å²) < 4.78 is 1.35. The predicted molar refractivity (Wildman–Crippen MR) is 63.0 cm³/mol. The number of fused-ring (bicyclic) bond motifs is 1. The minimum atomic E-state index is -0.133. The molecule has 1 aromatic carbocycles. The van der Waals surface area contributed by atoms with Gasteiger partial charge in [-0.15, -0.1) is 0 Å². The van der Waals surface area contributed by atoms with Crippen molar-refractivity contribution in [3.63, 3.8) is 0 Å². The van der Waals surface area contributed by atoms with Gasteiger partial charge in [0.15, 0.2) is 0 Å². The summed E-state index contributed by atoms with van der Waals surface area (Å²) in [4.78, 5) is 15.8. The van der Waals surface area contributed by atoms with Crippen LogP contribution in [0, 0.1) is 0 Å². The van der Waals surface area contributed by atoms with Crippen LogP contribution in [0.1, 0.15) is 0 Å². The van der Waals surface area contributed by atoms with Crippen LogP contribution < -0.4 is 5.56 Å². The highest BCUT2D eigenvalue weighted by atomic mass is 35.5. The van der Waals surface area contributed by atoms with Crippen molar-refractivity contribution in [1.82, 2.24) is 8.96 Å². The Morgan fingerprint density at radius 1 is 1.50 bits per heavy atom. The van der Waals surface area contributed by atoms with E-state index >= 15 is 0 Å². The fourth-order valence-electron chi connectivity index (χ4n) is 1.14. The molecule has 0 fully saturated rings. The Morgan fingerprint density at radius 2 is 2.29 bits per heavy atom. The maximum Gasteiger partial charge on any atom is 0.271 e. The molecule has 0 saturated carbocycles. The molecular weight excluding hydrogens is 240 g/mol. The lowest BCUT2D eigenvalue weighted by atomic mass is 10.2. The third-order valence-corrected chi connectivity index (χ3v) is 2.98. The van der Waals surface area contributed by atoms with Gasteiger partial charge in [-0.3, -0.25) is 4.79 Å². The van der Waals surface area contributed by atoms with Crippen LogP contribution in [0.15, 0.2) is 29.3 Å². The first-order chi connectivity index (χ1) is 6.72. The molecule has 1 heterocycles. The summed E-state index contributed by atoms with van der Waals surface area (Å²) in [6.45, 7) is 0. The first-order valence-electron chi connectivity index (χ1n) is 3.71. The number of thiol groups is 1. The van der Waals surface area contributed by atoms with E-state index in [9.17, 15) is 4.79 Å². The Hall–Kier alpha value is -0.650. The van der Waals surface area contributed by atoms with E-state index < -0.39 is 0 Å². The molecule has 0 unspecified atom stereocenters. The van der Waals surface area contributed by atoms with Crippen LogP contribution >= 0.6 is 34.2 Å². The molecule has 1 aromatic heterocycles. The molecule has 72 valence electrons. The molecule has 0 aliphatic carbocycles. The maximum absolute atomic E-state index is 11.7. The fraction of sp³-hybridized carbons (Fsp3) is 0. The monoisotopic (exact) mass is 244 g/mol. The lowest BCUT2D eigenvalue weighted by molar-refractivity contribution is 1.11. The van der Waals surface area contributed by atoms with Crippen molar-refractivity contribution in [3.05, 3.63) is 39.9 Å². The first-order valence-corrected chi connectivity index (χ1v) is 5.91. The SMILES string of the molecule is O=c1c2ccc(Cl)cc2ncn1SS. The van der Waals surface area contributed by atoms with Gasteiger partial charge in [0.1, 0.15) is 6.33 Å². The van der Waals surface area contributed by atoms with Gasteiger partial charge >= 0.3 is 0 Å². The third kappa shape index (κ3) is 1.63. The second-order valence-electron chi connectivity index (χ2n) is 2.62. The third-order valence-electron chi connectivity index (χ3n) is 1.78. The van der Waals surface area contributed by atoms with Crippen LogP contribution in [0.5, 0.6) is 0 Å². The van der Waals surface area contributed by atoms with Crippen LogP contribution in [0.2, 0.25) is 5.02 Å². The van der Waals surface area contributed by atoms with Gasteiger partial charge in [0, 0.05) is 16.0 Å². The predicted octanol–water partition coefficient (Wildman–Crippen LogP) is 2.39. The number of aromatic nitrogens is 2. The zero-order valence-corrected chi connectivity index (χ0v) is 9.31. The zero-order chi connectivity index (χ0) is 10.1. The Morgan fingerprint density at radius 3 is 3.00 bits per heavy atom. The summed E-state index contributed by atoms with van der Waals surface area (Å²) in [7, 11) is 1.02. The van der Waals surface area contributed by atoms with Gasteiger partial charge in [-0.2, -0.15) is 0 Å². The van der Waals surface area contributed by atoms with Gasteiger partial charge in [0.25, 0.3) is 5.56 Å². The zero-order valence-electron chi connectivity index (χ0n) is 6.85. The van der Waals surface area contributed by atoms with E-state index in [0.717, 1.165) is 11.0 Å². The molecule has 0 radical (unpaired) electrons. The van der Waals surface area contributed by atoms with Crippen molar-refractivity contribution in [2.45, 2.75) is 0 Å². The maximum atomic E-state index is 11.7. The molecule has 14 heavy (non-hydrogen) atoms. The molecule has 0 aliphatic heterocycles. The Kier molecular flexibility index (Phi) is 2.71. The average Bonchev–Trinajstić information content (AvgIpc) is 2.18. The molecule has 0 spiro atoms. The van der Waals surface area contributed by atoms with E-state index in [1.54, 1.807) is 18.2 Å². The highest BCUT2D eigenvalue weighted by Crippen LogP contribution is 2.15. The van der Waals surface area contributed by atoms with E-state index in [-0.39, 0.29) is 5.56 Å². The molecule has 0 N–H and O–H groups in total. The van der Waals surface area contributed by atoms with E-state index in [0.29, 0.717) is 15.9 Å². The molecule has 0 aliphatic rings. The smallest absolute Gasteiger partial charge is 0.268 e. The molecular formula is C8H5ClN2OS2. The van der Waals surface area contributed by atoms with Crippen molar-refractivity contribution < 1.29 is 0 Å². The van der Waals surface area contributed by atoms with Crippen molar-refractivity contribution in [2.24, 2.45) is 0 Å². The van der Waals surface area contributed by atoms with Crippen molar-refractivity contribution >= 4 is 45.1 Å². The summed E-state index contributed by atoms with van der Waals surface area (Å²) >= 11 is 9.71. The molecule has 0 bridgehead atoms. The van der Waals surface area contributed by atoms with E-state index in [1.807, 2.05) is 0 Å². The first kappa shape index (κ1) is 9.89. The summed E-state index contributed by atoms with van der Waals surface area (Å²) in [5, 5.41) is 1.11. The minimum Gasteiger partial charge on any atom is -0.268 e. The topological polar surface area (TPSA) is 34.9 Å². The van der Waals surface area contributed by atoms with Crippen molar-refractivity contribution in [1.29, 1.82) is 0 Å². The van der Waals surface area contributed by atoms with Crippen LogP contribution in [0.25, 0.3) is 10.9 Å². The lowest BCUT2D eigenvalue weighted by Crippen LogP contribution is -2.14. The number of hydrogen-bond acceptors (Lipinski definition) is 4. The van der Waals surface area contributed by atoms with Gasteiger partial charge in [-0.25, -0.2) is 8.96 Å². The Bertz CT molecular complexity index is 540. The molecule has 2 rings (SSSR count). The Labute approximate surface area is 94.0 Å². The number of hydrogen-bond donors (Lipinski definition) is 1. The minimum absolute atomic E-state index is 0.133. The number of nitrogens with zero attached hydrogens (tertiary/aromatic N) is 2.